The summed E-state index contributed by atoms with van der Waals surface area (Å²) in [6, 6.07) is 15.9. The lowest BCUT2D eigenvalue weighted by Gasteiger charge is -2.29. The first-order valence-electron chi connectivity index (χ1n) is 9.26. The van der Waals surface area contributed by atoms with Crippen LogP contribution in [0, 0.1) is 0 Å². The van der Waals surface area contributed by atoms with Gasteiger partial charge in [0.15, 0.2) is 0 Å². The molecule has 4 nitrogen and oxygen atoms in total. The second-order valence-electron chi connectivity index (χ2n) is 6.85. The fourth-order valence-electron chi connectivity index (χ4n) is 3.03. The molecule has 2 N–H and O–H groups in total. The second kappa shape index (κ2) is 11.0. The molecule has 1 amide bonds. The van der Waals surface area contributed by atoms with Crippen LogP contribution in [0.3, 0.4) is 0 Å². The van der Waals surface area contributed by atoms with Crippen LogP contribution in [0.15, 0.2) is 48.5 Å². The Morgan fingerprint density at radius 3 is 2.30 bits per heavy atom. The lowest BCUT2D eigenvalue weighted by molar-refractivity contribution is -0.135. The molecule has 0 aliphatic carbocycles. The molecule has 0 aliphatic rings. The normalized spacial score (nSPS) is 11.6. The zero-order valence-corrected chi connectivity index (χ0v) is 17.5. The molecule has 0 spiro atoms. The third-order valence-corrected chi connectivity index (χ3v) is 4.55. The number of ether oxygens (including phenoxy) is 1. The molecule has 2 rings (SSSR count). The maximum atomic E-state index is 12.6. The number of rotatable bonds is 8. The number of hydrogen-bond donors (Lipinski definition) is 1. The van der Waals surface area contributed by atoms with Gasteiger partial charge in [0.05, 0.1) is 13.2 Å². The third kappa shape index (κ3) is 5.98. The van der Waals surface area contributed by atoms with Crippen LogP contribution in [0.2, 0.25) is 0 Å². The van der Waals surface area contributed by atoms with E-state index < -0.39 is 6.04 Å². The number of para-hydroxylation sites is 1. The minimum Gasteiger partial charge on any atom is -0.496 e. The van der Waals surface area contributed by atoms with E-state index in [1.807, 2.05) is 49.9 Å². The van der Waals surface area contributed by atoms with Gasteiger partial charge in [-0.3, -0.25) is 4.79 Å². The molecule has 27 heavy (non-hydrogen) atoms. The zero-order valence-electron chi connectivity index (χ0n) is 16.6. The molecule has 2 aromatic carbocycles. The third-order valence-electron chi connectivity index (χ3n) is 4.55. The number of carbonyl (C=O) groups is 1. The predicted octanol–water partition coefficient (Wildman–Crippen LogP) is 4.65. The van der Waals surface area contributed by atoms with Crippen molar-refractivity contribution in [1.82, 2.24) is 4.90 Å². The van der Waals surface area contributed by atoms with E-state index in [9.17, 15) is 4.79 Å². The van der Waals surface area contributed by atoms with Crippen LogP contribution in [0.25, 0.3) is 11.1 Å². The standard InChI is InChI=1S/C22H30N2O2.ClH/c1-5-8-20(23)22(25)24(16(2)3)15-17-11-13-18(14-12-17)19-9-6-7-10-21(19)26-4;/h6-7,9-14,16,20H,5,8,15,23H2,1-4H3;1H. The number of benzene rings is 2. The van der Waals surface area contributed by atoms with Crippen molar-refractivity contribution in [3.8, 4) is 16.9 Å². The summed E-state index contributed by atoms with van der Waals surface area (Å²) in [5, 5.41) is 0. The highest BCUT2D eigenvalue weighted by molar-refractivity contribution is 5.85. The molecule has 0 heterocycles. The van der Waals surface area contributed by atoms with E-state index in [2.05, 4.69) is 24.3 Å². The monoisotopic (exact) mass is 390 g/mol. The summed E-state index contributed by atoms with van der Waals surface area (Å²) < 4.78 is 5.44. The average molecular weight is 391 g/mol. The van der Waals surface area contributed by atoms with Crippen molar-refractivity contribution < 1.29 is 9.53 Å². The Morgan fingerprint density at radius 1 is 1.11 bits per heavy atom. The van der Waals surface area contributed by atoms with Gasteiger partial charge in [0, 0.05) is 18.2 Å². The first kappa shape index (κ1) is 23.0. The van der Waals surface area contributed by atoms with Crippen LogP contribution < -0.4 is 10.5 Å². The molecule has 0 aromatic heterocycles. The number of nitrogens with two attached hydrogens (primary N) is 1. The van der Waals surface area contributed by atoms with Crippen molar-refractivity contribution in [1.29, 1.82) is 0 Å². The Kier molecular flexibility index (Phi) is 9.33. The summed E-state index contributed by atoms with van der Waals surface area (Å²) in [7, 11) is 1.68. The van der Waals surface area contributed by atoms with Gasteiger partial charge in [0.1, 0.15) is 5.75 Å². The van der Waals surface area contributed by atoms with Crippen molar-refractivity contribution in [2.24, 2.45) is 5.73 Å². The largest absolute Gasteiger partial charge is 0.496 e. The molecular formula is C22H31ClN2O2. The van der Waals surface area contributed by atoms with Crippen LogP contribution in [0.4, 0.5) is 0 Å². The predicted molar refractivity (Wildman–Crippen MR) is 114 cm³/mol. The van der Waals surface area contributed by atoms with E-state index >= 15 is 0 Å². The van der Waals surface area contributed by atoms with Gasteiger partial charge >= 0.3 is 0 Å². The number of amides is 1. The van der Waals surface area contributed by atoms with Gasteiger partial charge in [-0.25, -0.2) is 0 Å². The summed E-state index contributed by atoms with van der Waals surface area (Å²) in [6.45, 7) is 6.67. The van der Waals surface area contributed by atoms with Crippen molar-refractivity contribution in [3.63, 3.8) is 0 Å². The first-order valence-corrected chi connectivity index (χ1v) is 9.26. The highest BCUT2D eigenvalue weighted by atomic mass is 35.5. The van der Waals surface area contributed by atoms with Crippen molar-refractivity contribution >= 4 is 18.3 Å². The summed E-state index contributed by atoms with van der Waals surface area (Å²) in [5.41, 5.74) is 9.29. The SMILES string of the molecule is CCCC(N)C(=O)N(Cc1ccc(-c2ccccc2OC)cc1)C(C)C.Cl. The smallest absolute Gasteiger partial charge is 0.240 e. The maximum Gasteiger partial charge on any atom is 0.240 e. The fraction of sp³-hybridized carbons (Fsp3) is 0.409. The minimum atomic E-state index is -0.421. The maximum absolute atomic E-state index is 12.6. The molecule has 5 heteroatoms. The Balaban J connectivity index is 0.00000364. The van der Waals surface area contributed by atoms with Crippen molar-refractivity contribution in [2.45, 2.75) is 52.2 Å². The van der Waals surface area contributed by atoms with E-state index in [-0.39, 0.29) is 24.4 Å². The van der Waals surface area contributed by atoms with Gasteiger partial charge in [-0.1, -0.05) is 55.8 Å². The lowest BCUT2D eigenvalue weighted by Crippen LogP contribution is -2.46. The van der Waals surface area contributed by atoms with E-state index in [0.29, 0.717) is 6.54 Å². The van der Waals surface area contributed by atoms with Crippen LogP contribution in [-0.2, 0) is 11.3 Å². The summed E-state index contributed by atoms with van der Waals surface area (Å²) in [5.74, 6) is 0.875. The van der Waals surface area contributed by atoms with Crippen molar-refractivity contribution in [2.75, 3.05) is 7.11 Å². The highest BCUT2D eigenvalue weighted by Gasteiger charge is 2.22. The van der Waals surface area contributed by atoms with Gasteiger partial charge in [-0.05, 0) is 37.5 Å². The van der Waals surface area contributed by atoms with Crippen LogP contribution in [0.5, 0.6) is 5.75 Å². The van der Waals surface area contributed by atoms with Gasteiger partial charge < -0.3 is 15.4 Å². The van der Waals surface area contributed by atoms with Gasteiger partial charge in [0.2, 0.25) is 5.91 Å². The summed E-state index contributed by atoms with van der Waals surface area (Å²) >= 11 is 0. The quantitative estimate of drug-likeness (QED) is 0.713. The zero-order chi connectivity index (χ0) is 19.1. The minimum absolute atomic E-state index is 0. The number of carbonyl (C=O) groups excluding carboxylic acids is 1. The number of halogens is 1. The van der Waals surface area contributed by atoms with Crippen LogP contribution >= 0.6 is 12.4 Å². The van der Waals surface area contributed by atoms with E-state index in [1.165, 1.54) is 0 Å². The van der Waals surface area contributed by atoms with E-state index in [1.54, 1.807) is 7.11 Å². The van der Waals surface area contributed by atoms with Gasteiger partial charge in [-0.15, -0.1) is 12.4 Å². The number of methoxy groups -OCH3 is 1. The molecule has 148 valence electrons. The highest BCUT2D eigenvalue weighted by Crippen LogP contribution is 2.29. The molecule has 1 unspecified atom stereocenters. The Morgan fingerprint density at radius 2 is 1.74 bits per heavy atom. The molecule has 0 aliphatic heterocycles. The average Bonchev–Trinajstić information content (AvgIpc) is 2.66. The van der Waals surface area contributed by atoms with Crippen LogP contribution in [0.1, 0.15) is 39.2 Å². The molecule has 0 fully saturated rings. The fourth-order valence-corrected chi connectivity index (χ4v) is 3.03. The summed E-state index contributed by atoms with van der Waals surface area (Å²) in [4.78, 5) is 14.5. The topological polar surface area (TPSA) is 55.6 Å². The van der Waals surface area contributed by atoms with Crippen LogP contribution in [-0.4, -0.2) is 30.0 Å². The van der Waals surface area contributed by atoms with Gasteiger partial charge in [-0.2, -0.15) is 0 Å². The Hall–Kier alpha value is -2.04. The first-order chi connectivity index (χ1) is 12.5. The molecule has 0 bridgehead atoms. The van der Waals surface area contributed by atoms with E-state index in [0.717, 1.165) is 35.3 Å². The molecule has 0 radical (unpaired) electrons. The van der Waals surface area contributed by atoms with Crippen molar-refractivity contribution in [3.05, 3.63) is 54.1 Å². The number of nitrogens with zero attached hydrogens (tertiary/aromatic N) is 1. The Bertz CT molecular complexity index is 717. The molecule has 1 atom stereocenters. The molecule has 2 aromatic rings. The molecule has 0 saturated carbocycles. The number of hydrogen-bond acceptors (Lipinski definition) is 3. The van der Waals surface area contributed by atoms with E-state index in [4.69, 9.17) is 10.5 Å². The molecule has 0 saturated heterocycles. The second-order valence-corrected chi connectivity index (χ2v) is 6.85. The summed E-state index contributed by atoms with van der Waals surface area (Å²) in [6.07, 6.45) is 1.63. The Labute approximate surface area is 169 Å². The lowest BCUT2D eigenvalue weighted by atomic mass is 10.0. The van der Waals surface area contributed by atoms with Gasteiger partial charge in [0.25, 0.3) is 0 Å². The molecular weight excluding hydrogens is 360 g/mol.